The zero-order chi connectivity index (χ0) is 28.9. The van der Waals surface area contributed by atoms with Crippen molar-refractivity contribution in [2.75, 3.05) is 13.7 Å². The lowest BCUT2D eigenvalue weighted by Crippen LogP contribution is -2.58. The van der Waals surface area contributed by atoms with E-state index in [2.05, 4.69) is 5.32 Å². The number of amides is 1. The zero-order valence-corrected chi connectivity index (χ0v) is 23.3. The number of ether oxygens (including phenoxy) is 3. The average molecular weight is 571 g/mol. The van der Waals surface area contributed by atoms with Gasteiger partial charge < -0.3 is 14.2 Å². The molecule has 0 saturated heterocycles. The molecule has 2 heterocycles. The molecule has 6 rings (SSSR count). The number of benzene rings is 4. The van der Waals surface area contributed by atoms with Crippen molar-refractivity contribution < 1.29 is 32.2 Å². The highest BCUT2D eigenvalue weighted by Crippen LogP contribution is 2.48. The number of methoxy groups -OCH3 is 1. The van der Waals surface area contributed by atoms with Crippen LogP contribution in [0.5, 0.6) is 11.5 Å². The monoisotopic (exact) mass is 570 g/mol. The lowest BCUT2D eigenvalue weighted by molar-refractivity contribution is -0.150. The summed E-state index contributed by atoms with van der Waals surface area (Å²) in [6, 6.07) is 23.5. The van der Waals surface area contributed by atoms with Crippen LogP contribution in [0.25, 0.3) is 21.7 Å². The van der Waals surface area contributed by atoms with Crippen LogP contribution in [0.4, 0.5) is 4.79 Å². The first-order valence-electron chi connectivity index (χ1n) is 12.9. The Hall–Kier alpha value is -4.83. The van der Waals surface area contributed by atoms with Crippen molar-refractivity contribution in [3.8, 4) is 11.5 Å². The smallest absolute Gasteiger partial charge is 0.414 e. The van der Waals surface area contributed by atoms with Gasteiger partial charge in [0.25, 0.3) is 10.0 Å². The Morgan fingerprint density at radius 2 is 1.66 bits per heavy atom. The first-order chi connectivity index (χ1) is 19.7. The third-order valence-electron chi connectivity index (χ3n) is 7.26. The van der Waals surface area contributed by atoms with E-state index in [4.69, 9.17) is 14.2 Å². The number of hydrogen-bond donors (Lipinski definition) is 1. The third-order valence-corrected chi connectivity index (χ3v) is 9.00. The Bertz CT molecular complexity index is 1960. The largest absolute Gasteiger partial charge is 0.496 e. The number of hydrogen-bond acceptors (Lipinski definition) is 7. The van der Waals surface area contributed by atoms with Gasteiger partial charge in [0.1, 0.15) is 11.5 Å². The van der Waals surface area contributed by atoms with Gasteiger partial charge in [-0.05, 0) is 44.2 Å². The minimum absolute atomic E-state index is 0.0133. The number of para-hydroxylation sites is 1. The molecule has 9 nitrogen and oxygen atoms in total. The van der Waals surface area contributed by atoms with Crippen LogP contribution < -0.4 is 14.8 Å². The van der Waals surface area contributed by atoms with Crippen LogP contribution in [0.15, 0.2) is 89.8 Å². The molecule has 1 atom stereocenters. The average Bonchev–Trinajstić information content (AvgIpc) is 3.38. The van der Waals surface area contributed by atoms with Gasteiger partial charge in [-0.15, -0.1) is 0 Å². The van der Waals surface area contributed by atoms with Gasteiger partial charge in [-0.2, -0.15) is 0 Å². The van der Waals surface area contributed by atoms with E-state index in [9.17, 15) is 18.0 Å². The number of aromatic nitrogens is 1. The number of carbonyl (C=O) groups excluding carboxylic acids is 2. The second kappa shape index (κ2) is 9.67. The predicted octanol–water partition coefficient (Wildman–Crippen LogP) is 5.26. The topological polar surface area (TPSA) is 113 Å². The van der Waals surface area contributed by atoms with Gasteiger partial charge in [0.15, 0.2) is 0 Å². The summed E-state index contributed by atoms with van der Waals surface area (Å²) in [4.78, 5) is 27.4. The number of nitrogens with one attached hydrogen (secondary N) is 1. The Kier molecular flexibility index (Phi) is 6.22. The lowest BCUT2D eigenvalue weighted by Gasteiger charge is -2.37. The van der Waals surface area contributed by atoms with Crippen LogP contribution in [0, 0.1) is 6.92 Å². The summed E-state index contributed by atoms with van der Waals surface area (Å²) in [6.07, 6.45) is -0.939. The summed E-state index contributed by atoms with van der Waals surface area (Å²) in [5.74, 6) is -0.377. The summed E-state index contributed by atoms with van der Waals surface area (Å²) in [5, 5.41) is 4.36. The number of rotatable bonds is 6. The molecule has 1 amide bonds. The third kappa shape index (κ3) is 3.93. The van der Waals surface area contributed by atoms with Crippen molar-refractivity contribution >= 4 is 43.8 Å². The minimum Gasteiger partial charge on any atom is -0.496 e. The summed E-state index contributed by atoms with van der Waals surface area (Å²) >= 11 is 0. The first kappa shape index (κ1) is 26.4. The fraction of sp³-hybridized carbons (Fsp3) is 0.161. The van der Waals surface area contributed by atoms with Gasteiger partial charge in [0.2, 0.25) is 5.54 Å². The molecule has 1 aliphatic rings. The Morgan fingerprint density at radius 1 is 0.976 bits per heavy atom. The highest BCUT2D eigenvalue weighted by Gasteiger charge is 2.54. The van der Waals surface area contributed by atoms with Crippen LogP contribution in [-0.2, 0) is 25.1 Å². The highest BCUT2D eigenvalue weighted by molar-refractivity contribution is 7.90. The van der Waals surface area contributed by atoms with Crippen molar-refractivity contribution in [1.29, 1.82) is 0 Å². The number of esters is 1. The molecule has 41 heavy (non-hydrogen) atoms. The lowest BCUT2D eigenvalue weighted by atomic mass is 9.83. The molecule has 0 aliphatic carbocycles. The van der Waals surface area contributed by atoms with Gasteiger partial charge in [-0.1, -0.05) is 60.2 Å². The van der Waals surface area contributed by atoms with E-state index in [-0.39, 0.29) is 28.5 Å². The fourth-order valence-corrected chi connectivity index (χ4v) is 6.95. The fourth-order valence-electron chi connectivity index (χ4n) is 5.38. The molecule has 0 fully saturated rings. The summed E-state index contributed by atoms with van der Waals surface area (Å²) in [7, 11) is -2.81. The summed E-state index contributed by atoms with van der Waals surface area (Å²) in [6.45, 7) is 3.46. The molecule has 1 aliphatic heterocycles. The van der Waals surface area contributed by atoms with Crippen LogP contribution in [0.3, 0.4) is 0 Å². The summed E-state index contributed by atoms with van der Waals surface area (Å²) in [5.41, 5.74) is -0.771. The van der Waals surface area contributed by atoms with Crippen LogP contribution in [-0.4, -0.2) is 38.2 Å². The maximum absolute atomic E-state index is 14.4. The normalized spacial score (nSPS) is 16.6. The molecule has 10 heteroatoms. The standard InChI is InChI=1S/C31H26N2O7S/c1-4-39-29(34)31(24-18-26(38-3)22-10-6-7-11-23(22)28(24)40-30(35)32-31)27-17-20-9-5-8-12-25(20)33(27)41(36,37)21-15-13-19(2)14-16-21/h5-18H,4H2,1-3H3,(H,32,35)/t31-/m1/s1. The second-order valence-corrected chi connectivity index (χ2v) is 11.4. The predicted molar refractivity (Wildman–Crippen MR) is 153 cm³/mol. The molecule has 1 aromatic heterocycles. The Balaban J connectivity index is 1.78. The Labute approximate surface area is 236 Å². The molecule has 4 aromatic carbocycles. The van der Waals surface area contributed by atoms with E-state index >= 15 is 0 Å². The summed E-state index contributed by atoms with van der Waals surface area (Å²) < 4.78 is 46.8. The molecule has 0 bridgehead atoms. The molecule has 5 aromatic rings. The van der Waals surface area contributed by atoms with Gasteiger partial charge in [0, 0.05) is 21.7 Å². The van der Waals surface area contributed by atoms with E-state index in [1.807, 2.05) is 13.0 Å². The molecule has 0 saturated carbocycles. The molecular formula is C31H26N2O7S. The molecule has 208 valence electrons. The van der Waals surface area contributed by atoms with Gasteiger partial charge in [-0.25, -0.2) is 22.0 Å². The van der Waals surface area contributed by atoms with Crippen LogP contribution >= 0.6 is 0 Å². The molecule has 0 unspecified atom stereocenters. The maximum atomic E-state index is 14.4. The zero-order valence-electron chi connectivity index (χ0n) is 22.5. The number of fused-ring (bicyclic) bond motifs is 4. The van der Waals surface area contributed by atoms with Crippen molar-refractivity contribution in [1.82, 2.24) is 9.29 Å². The van der Waals surface area contributed by atoms with Crippen molar-refractivity contribution in [3.05, 3.63) is 102 Å². The van der Waals surface area contributed by atoms with Crippen molar-refractivity contribution in [2.45, 2.75) is 24.3 Å². The number of aryl methyl sites for hydroxylation is 1. The van der Waals surface area contributed by atoms with Crippen LogP contribution in [0.2, 0.25) is 0 Å². The van der Waals surface area contributed by atoms with E-state index < -0.39 is 27.6 Å². The SMILES string of the molecule is CCOC(=O)[C@@]1(c2cc3ccccc3n2S(=O)(=O)c2ccc(C)cc2)NC(=O)Oc2c1cc(OC)c1ccccc21. The second-order valence-electron chi connectivity index (χ2n) is 9.66. The Morgan fingerprint density at radius 3 is 2.37 bits per heavy atom. The van der Waals surface area contributed by atoms with Gasteiger partial charge in [0.05, 0.1) is 29.8 Å². The number of carbonyl (C=O) groups is 2. The molecular weight excluding hydrogens is 544 g/mol. The molecule has 0 radical (unpaired) electrons. The van der Waals surface area contributed by atoms with Crippen molar-refractivity contribution in [2.24, 2.45) is 0 Å². The minimum atomic E-state index is -4.30. The van der Waals surface area contributed by atoms with Gasteiger partial charge in [-0.3, -0.25) is 5.32 Å². The quantitative estimate of drug-likeness (QED) is 0.277. The van der Waals surface area contributed by atoms with E-state index in [0.717, 1.165) is 9.54 Å². The van der Waals surface area contributed by atoms with E-state index in [0.29, 0.717) is 27.4 Å². The van der Waals surface area contributed by atoms with E-state index in [1.54, 1.807) is 73.7 Å². The maximum Gasteiger partial charge on any atom is 0.414 e. The molecule has 0 spiro atoms. The van der Waals surface area contributed by atoms with Gasteiger partial charge >= 0.3 is 12.1 Å². The molecule has 1 N–H and O–H groups in total. The highest BCUT2D eigenvalue weighted by atomic mass is 32.2. The van der Waals surface area contributed by atoms with E-state index in [1.165, 1.54) is 19.2 Å². The first-order valence-corrected chi connectivity index (χ1v) is 14.4. The van der Waals surface area contributed by atoms with Crippen molar-refractivity contribution in [3.63, 3.8) is 0 Å². The number of nitrogens with zero attached hydrogens (tertiary/aromatic N) is 1. The van der Waals surface area contributed by atoms with Crippen LogP contribution in [0.1, 0.15) is 23.7 Å².